The Balaban J connectivity index is 1.38. The predicted octanol–water partition coefficient (Wildman–Crippen LogP) is 3.06. The lowest BCUT2D eigenvalue weighted by molar-refractivity contribution is -0.116. The van der Waals surface area contributed by atoms with Gasteiger partial charge in [-0.3, -0.25) is 14.2 Å². The molecule has 1 amide bonds. The second-order valence-corrected chi connectivity index (χ2v) is 8.03. The quantitative estimate of drug-likeness (QED) is 0.661. The molecule has 1 aliphatic rings. The Hall–Kier alpha value is -3.55. The van der Waals surface area contributed by atoms with Crippen LogP contribution in [-0.4, -0.2) is 38.7 Å². The summed E-state index contributed by atoms with van der Waals surface area (Å²) in [5, 5.41) is 11.5. The molecule has 0 unspecified atom stereocenters. The summed E-state index contributed by atoms with van der Waals surface area (Å²) in [7, 11) is 0. The lowest BCUT2D eigenvalue weighted by Crippen LogP contribution is -2.28. The fourth-order valence-electron chi connectivity index (χ4n) is 3.55. The third-order valence-corrected chi connectivity index (χ3v) is 5.35. The summed E-state index contributed by atoms with van der Waals surface area (Å²) in [5.74, 6) is 0.788. The van der Waals surface area contributed by atoms with E-state index in [0.29, 0.717) is 11.4 Å². The summed E-state index contributed by atoms with van der Waals surface area (Å²) >= 11 is 0. The number of carbonyl (C=O) groups excluding carboxylic acids is 1. The van der Waals surface area contributed by atoms with Gasteiger partial charge in [0.1, 0.15) is 6.54 Å². The second kappa shape index (κ2) is 9.07. The van der Waals surface area contributed by atoms with Crippen molar-refractivity contribution >= 4 is 17.4 Å². The van der Waals surface area contributed by atoms with E-state index in [4.69, 9.17) is 0 Å². The predicted molar refractivity (Wildman–Crippen MR) is 120 cm³/mol. The van der Waals surface area contributed by atoms with Gasteiger partial charge in [-0.2, -0.15) is 0 Å². The van der Waals surface area contributed by atoms with E-state index < -0.39 is 0 Å². The number of anilines is 2. The van der Waals surface area contributed by atoms with Crippen LogP contribution in [0.3, 0.4) is 0 Å². The molecule has 1 aliphatic heterocycles. The standard InChI is InChI=1S/C23H26N6O2/c1-16(2)20-13-23(31)29(15-24-20)14-22(30)25-18-7-5-17(6-8-18)19-9-10-21(27-26-19)28-11-3-4-12-28/h5-10,13,15-16H,3-4,11-12,14H2,1-2H3,(H,25,30). The lowest BCUT2D eigenvalue weighted by atomic mass is 10.1. The Labute approximate surface area is 181 Å². The third kappa shape index (κ3) is 4.96. The van der Waals surface area contributed by atoms with E-state index in [1.54, 1.807) is 0 Å². The summed E-state index contributed by atoms with van der Waals surface area (Å²) < 4.78 is 1.30. The van der Waals surface area contributed by atoms with Gasteiger partial charge >= 0.3 is 0 Å². The minimum absolute atomic E-state index is 0.0879. The number of nitrogens with one attached hydrogen (secondary N) is 1. The van der Waals surface area contributed by atoms with Gasteiger partial charge in [0.2, 0.25) is 5.91 Å². The van der Waals surface area contributed by atoms with E-state index >= 15 is 0 Å². The summed E-state index contributed by atoms with van der Waals surface area (Å²) in [6, 6.07) is 12.8. The zero-order valence-corrected chi connectivity index (χ0v) is 17.8. The molecule has 1 saturated heterocycles. The Kier molecular flexibility index (Phi) is 6.06. The first-order valence-corrected chi connectivity index (χ1v) is 10.5. The highest BCUT2D eigenvalue weighted by molar-refractivity contribution is 5.90. The van der Waals surface area contributed by atoms with Gasteiger partial charge in [0.25, 0.3) is 5.56 Å². The van der Waals surface area contributed by atoms with Crippen LogP contribution >= 0.6 is 0 Å². The molecule has 0 aliphatic carbocycles. The molecule has 8 heteroatoms. The summed E-state index contributed by atoms with van der Waals surface area (Å²) in [5.41, 5.74) is 2.83. The molecule has 8 nitrogen and oxygen atoms in total. The van der Waals surface area contributed by atoms with Crippen LogP contribution in [0.5, 0.6) is 0 Å². The van der Waals surface area contributed by atoms with Gasteiger partial charge < -0.3 is 10.2 Å². The first-order chi connectivity index (χ1) is 15.0. The first kappa shape index (κ1) is 20.7. The molecule has 0 atom stereocenters. The smallest absolute Gasteiger partial charge is 0.254 e. The first-order valence-electron chi connectivity index (χ1n) is 10.5. The fraction of sp³-hybridized carbons (Fsp3) is 0.348. The molecular weight excluding hydrogens is 392 g/mol. The molecule has 3 aromatic rings. The molecule has 1 N–H and O–H groups in total. The van der Waals surface area contributed by atoms with E-state index in [2.05, 4.69) is 25.4 Å². The summed E-state index contributed by atoms with van der Waals surface area (Å²) in [6.07, 6.45) is 3.82. The van der Waals surface area contributed by atoms with Crippen molar-refractivity contribution in [3.63, 3.8) is 0 Å². The van der Waals surface area contributed by atoms with Crippen LogP contribution < -0.4 is 15.8 Å². The monoisotopic (exact) mass is 418 g/mol. The number of benzene rings is 1. The Morgan fingerprint density at radius 1 is 1.06 bits per heavy atom. The number of hydrogen-bond acceptors (Lipinski definition) is 6. The van der Waals surface area contributed by atoms with Gasteiger partial charge in [-0.05, 0) is 43.0 Å². The maximum atomic E-state index is 12.3. The van der Waals surface area contributed by atoms with Crippen LogP contribution in [0.4, 0.5) is 11.5 Å². The zero-order valence-electron chi connectivity index (χ0n) is 17.8. The van der Waals surface area contributed by atoms with E-state index in [-0.39, 0.29) is 23.9 Å². The van der Waals surface area contributed by atoms with Gasteiger partial charge in [-0.25, -0.2) is 4.98 Å². The highest BCUT2D eigenvalue weighted by Crippen LogP contribution is 2.22. The van der Waals surface area contributed by atoms with Gasteiger partial charge in [-0.15, -0.1) is 10.2 Å². The maximum absolute atomic E-state index is 12.3. The van der Waals surface area contributed by atoms with Crippen LogP contribution in [0, 0.1) is 0 Å². The van der Waals surface area contributed by atoms with Crippen LogP contribution in [0.25, 0.3) is 11.3 Å². The molecule has 0 bridgehead atoms. The largest absolute Gasteiger partial charge is 0.355 e. The topological polar surface area (TPSA) is 93.0 Å². The lowest BCUT2D eigenvalue weighted by Gasteiger charge is -2.15. The van der Waals surface area contributed by atoms with Gasteiger partial charge in [0.05, 0.1) is 17.7 Å². The van der Waals surface area contributed by atoms with Crippen molar-refractivity contribution in [3.05, 3.63) is 64.8 Å². The number of hydrogen-bond donors (Lipinski definition) is 1. The maximum Gasteiger partial charge on any atom is 0.254 e. The highest BCUT2D eigenvalue weighted by atomic mass is 16.2. The van der Waals surface area contributed by atoms with E-state index in [1.165, 1.54) is 29.8 Å². The average Bonchev–Trinajstić information content (AvgIpc) is 3.31. The summed E-state index contributed by atoms with van der Waals surface area (Å²) in [6.45, 7) is 5.92. The van der Waals surface area contributed by atoms with Crippen molar-refractivity contribution in [3.8, 4) is 11.3 Å². The molecule has 0 spiro atoms. The van der Waals surface area contributed by atoms with Crippen LogP contribution in [0.15, 0.2) is 53.6 Å². The molecule has 0 radical (unpaired) electrons. The minimum Gasteiger partial charge on any atom is -0.355 e. The number of aromatic nitrogens is 4. The van der Waals surface area contributed by atoms with Crippen LogP contribution in [-0.2, 0) is 11.3 Å². The van der Waals surface area contributed by atoms with Crippen molar-refractivity contribution in [2.45, 2.75) is 39.2 Å². The molecule has 31 heavy (non-hydrogen) atoms. The summed E-state index contributed by atoms with van der Waals surface area (Å²) in [4.78, 5) is 31.0. The van der Waals surface area contributed by atoms with Gasteiger partial charge in [-0.1, -0.05) is 26.0 Å². The molecular formula is C23H26N6O2. The van der Waals surface area contributed by atoms with Crippen LogP contribution in [0.2, 0.25) is 0 Å². The Morgan fingerprint density at radius 2 is 1.81 bits per heavy atom. The Bertz CT molecular complexity index is 1100. The van der Waals surface area contributed by atoms with Gasteiger partial charge in [0, 0.05) is 30.4 Å². The molecule has 2 aromatic heterocycles. The molecule has 1 aromatic carbocycles. The van der Waals surface area contributed by atoms with Crippen molar-refractivity contribution in [1.29, 1.82) is 0 Å². The molecule has 3 heterocycles. The van der Waals surface area contributed by atoms with E-state index in [0.717, 1.165) is 30.2 Å². The number of amides is 1. The zero-order chi connectivity index (χ0) is 21.8. The van der Waals surface area contributed by atoms with Crippen LogP contribution in [0.1, 0.15) is 38.3 Å². The SMILES string of the molecule is CC(C)c1cc(=O)n(CC(=O)Nc2ccc(-c3ccc(N4CCCC4)nn3)cc2)cn1. The van der Waals surface area contributed by atoms with E-state index in [9.17, 15) is 9.59 Å². The highest BCUT2D eigenvalue weighted by Gasteiger charge is 2.14. The Morgan fingerprint density at radius 3 is 2.42 bits per heavy atom. The normalized spacial score (nSPS) is 13.6. The van der Waals surface area contributed by atoms with Crippen molar-refractivity contribution in [2.75, 3.05) is 23.3 Å². The molecule has 4 rings (SSSR count). The average molecular weight is 419 g/mol. The second-order valence-electron chi connectivity index (χ2n) is 8.03. The number of nitrogens with zero attached hydrogens (tertiary/aromatic N) is 5. The fourth-order valence-corrected chi connectivity index (χ4v) is 3.55. The number of carbonyl (C=O) groups is 1. The van der Waals surface area contributed by atoms with Crippen molar-refractivity contribution < 1.29 is 4.79 Å². The molecule has 1 fully saturated rings. The van der Waals surface area contributed by atoms with Crippen molar-refractivity contribution in [2.24, 2.45) is 0 Å². The van der Waals surface area contributed by atoms with Crippen molar-refractivity contribution in [1.82, 2.24) is 19.7 Å². The third-order valence-electron chi connectivity index (χ3n) is 5.35. The minimum atomic E-state index is -0.288. The van der Waals surface area contributed by atoms with E-state index in [1.807, 2.05) is 50.2 Å². The molecule has 0 saturated carbocycles. The van der Waals surface area contributed by atoms with Gasteiger partial charge in [0.15, 0.2) is 5.82 Å². The number of rotatable bonds is 6. The molecule has 160 valence electrons.